The van der Waals surface area contributed by atoms with Gasteiger partial charge in [0.25, 0.3) is 0 Å². The number of amides is 1. The molecule has 1 aromatic rings. The van der Waals surface area contributed by atoms with Gasteiger partial charge in [-0.1, -0.05) is 11.6 Å². The molecule has 0 aliphatic heterocycles. The second kappa shape index (κ2) is 6.84. The van der Waals surface area contributed by atoms with Crippen molar-refractivity contribution in [2.45, 2.75) is 39.7 Å². The molecule has 2 N–H and O–H groups in total. The zero-order valence-electron chi connectivity index (χ0n) is 12.8. The van der Waals surface area contributed by atoms with Crippen LogP contribution in [0.3, 0.4) is 0 Å². The maximum atomic E-state index is 11.7. The van der Waals surface area contributed by atoms with Crippen molar-refractivity contribution in [2.24, 2.45) is 0 Å². The van der Waals surface area contributed by atoms with Crippen LogP contribution in [0, 0.1) is 6.92 Å². The van der Waals surface area contributed by atoms with Gasteiger partial charge in [-0.3, -0.25) is 4.79 Å². The number of hydrogen-bond acceptors (Lipinski definition) is 3. The van der Waals surface area contributed by atoms with Crippen LogP contribution in [-0.2, 0) is 4.79 Å². The van der Waals surface area contributed by atoms with Gasteiger partial charge in [-0.25, -0.2) is 0 Å². The van der Waals surface area contributed by atoms with Gasteiger partial charge in [0.15, 0.2) is 0 Å². The van der Waals surface area contributed by atoms with Gasteiger partial charge in [-0.05, 0) is 39.3 Å². The van der Waals surface area contributed by atoms with Gasteiger partial charge in [0.05, 0.1) is 12.8 Å². The fourth-order valence-electron chi connectivity index (χ4n) is 1.76. The van der Waals surface area contributed by atoms with Crippen molar-refractivity contribution in [1.29, 1.82) is 0 Å². The molecule has 20 heavy (non-hydrogen) atoms. The first-order chi connectivity index (χ1) is 9.23. The summed E-state index contributed by atoms with van der Waals surface area (Å²) in [5.74, 6) is 0.700. The number of rotatable bonds is 5. The molecular formula is C15H23ClN2O2. The lowest BCUT2D eigenvalue weighted by Gasteiger charge is -2.20. The first-order valence-corrected chi connectivity index (χ1v) is 7.00. The second-order valence-corrected chi connectivity index (χ2v) is 6.18. The standard InChI is InChI=1S/C15H23ClN2O2/c1-10-8-12(13(20-5)9-11(10)16)17-7-6-14(19)18-15(2,3)4/h8-9,17H,6-7H2,1-5H3,(H,18,19). The molecule has 112 valence electrons. The number of ether oxygens (including phenoxy) is 1. The molecular weight excluding hydrogens is 276 g/mol. The van der Waals surface area contributed by atoms with Crippen molar-refractivity contribution in [3.8, 4) is 5.75 Å². The Labute approximate surface area is 125 Å². The summed E-state index contributed by atoms with van der Waals surface area (Å²) in [5.41, 5.74) is 1.61. The number of nitrogens with one attached hydrogen (secondary N) is 2. The summed E-state index contributed by atoms with van der Waals surface area (Å²) < 4.78 is 5.27. The lowest BCUT2D eigenvalue weighted by molar-refractivity contribution is -0.122. The molecule has 0 unspecified atom stereocenters. The summed E-state index contributed by atoms with van der Waals surface area (Å²) in [6.45, 7) is 8.36. The molecule has 0 bridgehead atoms. The number of anilines is 1. The van der Waals surface area contributed by atoms with Crippen molar-refractivity contribution in [1.82, 2.24) is 5.32 Å². The summed E-state index contributed by atoms with van der Waals surface area (Å²) in [5, 5.41) is 6.79. The molecule has 0 aromatic heterocycles. The van der Waals surface area contributed by atoms with E-state index in [1.807, 2.05) is 33.8 Å². The lowest BCUT2D eigenvalue weighted by atomic mass is 10.1. The third-order valence-corrected chi connectivity index (χ3v) is 3.07. The molecule has 4 nitrogen and oxygen atoms in total. The van der Waals surface area contributed by atoms with Crippen LogP contribution < -0.4 is 15.4 Å². The third-order valence-electron chi connectivity index (χ3n) is 2.66. The van der Waals surface area contributed by atoms with Crippen LogP contribution in [0.5, 0.6) is 5.75 Å². The van der Waals surface area contributed by atoms with E-state index in [0.29, 0.717) is 23.7 Å². The predicted molar refractivity (Wildman–Crippen MR) is 83.7 cm³/mol. The fourth-order valence-corrected chi connectivity index (χ4v) is 1.92. The fraction of sp³-hybridized carbons (Fsp3) is 0.533. The van der Waals surface area contributed by atoms with E-state index in [9.17, 15) is 4.79 Å². The molecule has 1 amide bonds. The Morgan fingerprint density at radius 2 is 2.00 bits per heavy atom. The molecule has 0 saturated carbocycles. The van der Waals surface area contributed by atoms with Crippen LogP contribution in [0.1, 0.15) is 32.8 Å². The Hall–Kier alpha value is -1.42. The molecule has 0 aliphatic rings. The van der Waals surface area contributed by atoms with E-state index in [4.69, 9.17) is 16.3 Å². The van der Waals surface area contributed by atoms with Crippen LogP contribution in [0.2, 0.25) is 5.02 Å². The largest absolute Gasteiger partial charge is 0.495 e. The highest BCUT2D eigenvalue weighted by atomic mass is 35.5. The Morgan fingerprint density at radius 1 is 1.35 bits per heavy atom. The number of carbonyl (C=O) groups is 1. The highest BCUT2D eigenvalue weighted by Gasteiger charge is 2.13. The average molecular weight is 299 g/mol. The number of carbonyl (C=O) groups excluding carboxylic acids is 1. The zero-order valence-corrected chi connectivity index (χ0v) is 13.5. The molecule has 5 heteroatoms. The van der Waals surface area contributed by atoms with Gasteiger partial charge in [0.2, 0.25) is 5.91 Å². The quantitative estimate of drug-likeness (QED) is 0.876. The Kier molecular flexibility index (Phi) is 5.69. The van der Waals surface area contributed by atoms with Crippen molar-refractivity contribution in [2.75, 3.05) is 19.0 Å². The molecule has 0 heterocycles. The number of methoxy groups -OCH3 is 1. The van der Waals surface area contributed by atoms with Gasteiger partial charge in [-0.2, -0.15) is 0 Å². The number of hydrogen-bond donors (Lipinski definition) is 2. The zero-order chi connectivity index (χ0) is 15.3. The maximum Gasteiger partial charge on any atom is 0.222 e. The minimum Gasteiger partial charge on any atom is -0.495 e. The van der Waals surface area contributed by atoms with E-state index in [1.54, 1.807) is 13.2 Å². The van der Waals surface area contributed by atoms with E-state index in [0.717, 1.165) is 11.3 Å². The third kappa shape index (κ3) is 5.29. The predicted octanol–water partition coefficient (Wildman–Crippen LogP) is 3.37. The molecule has 0 spiro atoms. The molecule has 0 radical (unpaired) electrons. The molecule has 0 aliphatic carbocycles. The lowest BCUT2D eigenvalue weighted by Crippen LogP contribution is -2.41. The van der Waals surface area contributed by atoms with Gasteiger partial charge in [-0.15, -0.1) is 0 Å². The van der Waals surface area contributed by atoms with Gasteiger partial charge in [0.1, 0.15) is 5.75 Å². The van der Waals surface area contributed by atoms with Crippen molar-refractivity contribution < 1.29 is 9.53 Å². The molecule has 1 aromatic carbocycles. The summed E-state index contributed by atoms with van der Waals surface area (Å²) in [6, 6.07) is 3.69. The molecule has 1 rings (SSSR count). The summed E-state index contributed by atoms with van der Waals surface area (Å²) in [6.07, 6.45) is 0.405. The highest BCUT2D eigenvalue weighted by Crippen LogP contribution is 2.30. The minimum atomic E-state index is -0.203. The SMILES string of the molecule is COc1cc(Cl)c(C)cc1NCCC(=O)NC(C)(C)C. The highest BCUT2D eigenvalue weighted by molar-refractivity contribution is 6.31. The van der Waals surface area contributed by atoms with Crippen molar-refractivity contribution in [3.05, 3.63) is 22.7 Å². The monoisotopic (exact) mass is 298 g/mol. The van der Waals surface area contributed by atoms with E-state index in [2.05, 4.69) is 10.6 Å². The van der Waals surface area contributed by atoms with E-state index in [-0.39, 0.29) is 11.4 Å². The van der Waals surface area contributed by atoms with Crippen LogP contribution in [0.25, 0.3) is 0 Å². The Bertz CT molecular complexity index is 481. The summed E-state index contributed by atoms with van der Waals surface area (Å²) in [7, 11) is 1.60. The van der Waals surface area contributed by atoms with Crippen molar-refractivity contribution >= 4 is 23.2 Å². The topological polar surface area (TPSA) is 50.4 Å². The molecule has 0 fully saturated rings. The average Bonchev–Trinajstić information content (AvgIpc) is 2.31. The van der Waals surface area contributed by atoms with Crippen LogP contribution >= 0.6 is 11.6 Å². The maximum absolute atomic E-state index is 11.7. The summed E-state index contributed by atoms with van der Waals surface area (Å²) >= 11 is 6.05. The first-order valence-electron chi connectivity index (χ1n) is 6.62. The number of benzene rings is 1. The van der Waals surface area contributed by atoms with Crippen LogP contribution in [0.4, 0.5) is 5.69 Å². The Balaban J connectivity index is 2.58. The van der Waals surface area contributed by atoms with Crippen molar-refractivity contribution in [3.63, 3.8) is 0 Å². The van der Waals surface area contributed by atoms with E-state index >= 15 is 0 Å². The van der Waals surface area contributed by atoms with Gasteiger partial charge >= 0.3 is 0 Å². The molecule has 0 saturated heterocycles. The summed E-state index contributed by atoms with van der Waals surface area (Å²) in [4.78, 5) is 11.7. The molecule has 0 atom stereocenters. The first kappa shape index (κ1) is 16.6. The number of aryl methyl sites for hydroxylation is 1. The Morgan fingerprint density at radius 3 is 2.55 bits per heavy atom. The smallest absolute Gasteiger partial charge is 0.222 e. The van der Waals surface area contributed by atoms with Gasteiger partial charge in [0, 0.05) is 29.6 Å². The normalized spacial score (nSPS) is 11.1. The van der Waals surface area contributed by atoms with Crippen LogP contribution in [-0.4, -0.2) is 25.1 Å². The van der Waals surface area contributed by atoms with E-state index in [1.165, 1.54) is 0 Å². The van der Waals surface area contributed by atoms with Crippen LogP contribution in [0.15, 0.2) is 12.1 Å². The number of halogens is 1. The van der Waals surface area contributed by atoms with E-state index < -0.39 is 0 Å². The minimum absolute atomic E-state index is 0.0228. The van der Waals surface area contributed by atoms with Gasteiger partial charge < -0.3 is 15.4 Å². The second-order valence-electron chi connectivity index (χ2n) is 5.78.